The van der Waals surface area contributed by atoms with E-state index in [1.807, 2.05) is 0 Å². The van der Waals surface area contributed by atoms with E-state index >= 15 is 0 Å². The minimum absolute atomic E-state index is 0.0550. The number of ether oxygens (including phenoxy) is 1. The summed E-state index contributed by atoms with van der Waals surface area (Å²) < 4.78 is 77.7. The Bertz CT molecular complexity index is 1470. The van der Waals surface area contributed by atoms with Gasteiger partial charge in [-0.3, -0.25) is 9.77 Å². The van der Waals surface area contributed by atoms with Crippen LogP contribution in [0.5, 0.6) is 5.75 Å². The van der Waals surface area contributed by atoms with Gasteiger partial charge in [0, 0.05) is 34.8 Å². The van der Waals surface area contributed by atoms with E-state index in [9.17, 15) is 21.8 Å². The van der Waals surface area contributed by atoms with Crippen LogP contribution in [0.25, 0.3) is 0 Å². The highest BCUT2D eigenvalue weighted by molar-refractivity contribution is 7.90. The largest absolute Gasteiger partial charge is 0.488 e. The number of hydrogen-bond donors (Lipinski definition) is 2. The van der Waals surface area contributed by atoms with Crippen molar-refractivity contribution in [2.24, 2.45) is 15.0 Å². The zero-order valence-electron chi connectivity index (χ0n) is 20.6. The van der Waals surface area contributed by atoms with Crippen LogP contribution in [0.4, 0.5) is 23.2 Å². The summed E-state index contributed by atoms with van der Waals surface area (Å²) in [4.78, 5) is 12.4. The number of amidine groups is 1. The number of hydrogen-bond acceptors (Lipinski definition) is 4. The second kappa shape index (κ2) is 12.0. The van der Waals surface area contributed by atoms with Crippen molar-refractivity contribution in [1.29, 1.82) is 4.78 Å². The van der Waals surface area contributed by atoms with Gasteiger partial charge in [0.05, 0.1) is 16.9 Å². The minimum Gasteiger partial charge on any atom is -0.488 e. The molecule has 0 aliphatic heterocycles. The molecule has 0 aliphatic rings. The van der Waals surface area contributed by atoms with Crippen molar-refractivity contribution in [1.82, 2.24) is 0 Å². The zero-order valence-corrected chi connectivity index (χ0v) is 21.4. The van der Waals surface area contributed by atoms with E-state index in [1.165, 1.54) is 37.6 Å². The van der Waals surface area contributed by atoms with Crippen molar-refractivity contribution < 1.29 is 26.5 Å². The van der Waals surface area contributed by atoms with E-state index < -0.39 is 27.3 Å². The molecule has 12 heteroatoms. The van der Waals surface area contributed by atoms with Crippen molar-refractivity contribution in [3.8, 4) is 5.75 Å². The molecule has 0 aliphatic carbocycles. The minimum atomic E-state index is -4.46. The van der Waals surface area contributed by atoms with E-state index in [4.69, 9.17) is 9.52 Å². The number of rotatable bonds is 7. The van der Waals surface area contributed by atoms with E-state index in [0.29, 0.717) is 16.8 Å². The van der Waals surface area contributed by atoms with Crippen molar-refractivity contribution in [3.63, 3.8) is 0 Å². The van der Waals surface area contributed by atoms with Crippen molar-refractivity contribution in [3.05, 3.63) is 94.8 Å². The van der Waals surface area contributed by atoms with Gasteiger partial charge in [0.1, 0.15) is 18.2 Å². The van der Waals surface area contributed by atoms with Gasteiger partial charge in [0.15, 0.2) is 5.84 Å². The molecule has 0 saturated carbocycles. The maximum absolute atomic E-state index is 14.0. The maximum Gasteiger partial charge on any atom is 0.416 e. The summed E-state index contributed by atoms with van der Waals surface area (Å²) in [6, 6.07) is 15.1. The Balaban J connectivity index is 1.84. The number of alkyl halides is 3. The van der Waals surface area contributed by atoms with Gasteiger partial charge in [-0.1, -0.05) is 24.3 Å². The maximum atomic E-state index is 14.0. The third-order valence-electron chi connectivity index (χ3n) is 5.06. The topological polar surface area (TPSA) is 99.3 Å². The fourth-order valence-electron chi connectivity index (χ4n) is 3.35. The molecule has 0 amide bonds. The highest BCUT2D eigenvalue weighted by atomic mass is 32.2. The molecule has 1 unspecified atom stereocenters. The van der Waals surface area contributed by atoms with Gasteiger partial charge < -0.3 is 10.1 Å². The molecular weight excluding hydrogens is 522 g/mol. The predicted molar refractivity (Wildman–Crippen MR) is 142 cm³/mol. The second-order valence-electron chi connectivity index (χ2n) is 8.24. The van der Waals surface area contributed by atoms with Gasteiger partial charge in [0.25, 0.3) is 0 Å². The zero-order chi connectivity index (χ0) is 27.9. The summed E-state index contributed by atoms with van der Waals surface area (Å²) in [6.45, 7) is 3.40. The third-order valence-corrected chi connectivity index (χ3v) is 5.94. The monoisotopic (exact) mass is 547 g/mol. The Kier molecular flexibility index (Phi) is 9.00. The van der Waals surface area contributed by atoms with Crippen LogP contribution in [-0.2, 0) is 28.3 Å². The van der Waals surface area contributed by atoms with E-state index in [0.717, 1.165) is 18.2 Å². The Morgan fingerprint density at radius 3 is 2.39 bits per heavy atom. The molecule has 0 radical (unpaired) electrons. The highest BCUT2D eigenvalue weighted by Crippen LogP contribution is 2.29. The lowest BCUT2D eigenvalue weighted by molar-refractivity contribution is -0.137. The second-order valence-corrected chi connectivity index (χ2v) is 10.5. The summed E-state index contributed by atoms with van der Waals surface area (Å²) in [6.07, 6.45) is -3.10. The van der Waals surface area contributed by atoms with Crippen LogP contribution in [0, 0.1) is 10.6 Å². The predicted octanol–water partition coefficient (Wildman–Crippen LogP) is 6.15. The Morgan fingerprint density at radius 2 is 1.79 bits per heavy atom. The average molecular weight is 548 g/mol. The molecule has 3 aromatic carbocycles. The lowest BCUT2D eigenvalue weighted by Gasteiger charge is -2.13. The lowest BCUT2D eigenvalue weighted by Crippen LogP contribution is -2.14. The van der Waals surface area contributed by atoms with E-state index in [-0.39, 0.29) is 35.5 Å². The number of halogens is 4. The molecule has 3 aromatic rings. The number of nitrogens with one attached hydrogen (secondary N) is 2. The number of guanidine groups is 1. The first-order valence-electron chi connectivity index (χ1n) is 11.1. The van der Waals surface area contributed by atoms with Crippen molar-refractivity contribution >= 4 is 33.9 Å². The van der Waals surface area contributed by atoms with Crippen molar-refractivity contribution in [2.45, 2.75) is 18.5 Å². The summed E-state index contributed by atoms with van der Waals surface area (Å²) in [7, 11) is -1.24. The first kappa shape index (κ1) is 28.5. The fraction of sp³-hybridized carbons (Fsp3) is 0.192. The molecule has 0 spiro atoms. The van der Waals surface area contributed by atoms with Crippen LogP contribution in [0.3, 0.4) is 0 Å². The molecule has 0 aromatic heterocycles. The summed E-state index contributed by atoms with van der Waals surface area (Å²) in [5.41, 5.74) is 1.21. The fourth-order valence-corrected chi connectivity index (χ4v) is 4.17. The van der Waals surface area contributed by atoms with Crippen LogP contribution < -0.4 is 10.1 Å². The Morgan fingerprint density at radius 1 is 1.08 bits per heavy atom. The smallest absolute Gasteiger partial charge is 0.416 e. The molecule has 200 valence electrons. The molecule has 1 atom stereocenters. The summed E-state index contributed by atoms with van der Waals surface area (Å²) in [5, 5.41) is 3.01. The van der Waals surface area contributed by atoms with Crippen LogP contribution in [0.2, 0.25) is 0 Å². The van der Waals surface area contributed by atoms with Crippen LogP contribution in [-0.4, -0.2) is 36.0 Å². The normalized spacial score (nSPS) is 14.1. The number of nitrogens with zero attached hydrogens (tertiary/aromatic N) is 3. The number of anilines is 1. The first-order chi connectivity index (χ1) is 17.9. The molecular formula is C26H25F4N5O2S. The van der Waals surface area contributed by atoms with E-state index in [2.05, 4.69) is 27.0 Å². The van der Waals surface area contributed by atoms with Gasteiger partial charge in [-0.05, 0) is 54.2 Å². The van der Waals surface area contributed by atoms with Gasteiger partial charge in [-0.15, -0.1) is 0 Å². The molecule has 2 N–H and O–H groups in total. The molecule has 0 bridgehead atoms. The molecule has 0 heterocycles. The molecule has 38 heavy (non-hydrogen) atoms. The van der Waals surface area contributed by atoms with Crippen LogP contribution >= 0.6 is 0 Å². The summed E-state index contributed by atoms with van der Waals surface area (Å²) in [5.74, 6) is -0.272. The van der Waals surface area contributed by atoms with E-state index in [1.54, 1.807) is 24.3 Å². The van der Waals surface area contributed by atoms with Crippen LogP contribution in [0.1, 0.15) is 22.3 Å². The van der Waals surface area contributed by atoms with Gasteiger partial charge in [0.2, 0.25) is 5.96 Å². The van der Waals surface area contributed by atoms with Gasteiger partial charge in [-0.25, -0.2) is 13.6 Å². The third kappa shape index (κ3) is 8.23. The molecule has 7 nitrogen and oxygen atoms in total. The highest BCUT2D eigenvalue weighted by Gasteiger charge is 2.29. The van der Waals surface area contributed by atoms with Gasteiger partial charge >= 0.3 is 6.18 Å². The van der Waals surface area contributed by atoms with Crippen LogP contribution in [0.15, 0.2) is 81.7 Å². The number of benzene rings is 3. The Labute approximate surface area is 218 Å². The SMILES string of the molecule is C=NC(=NC(=NC)Nc1cccc(CS(C)(=N)=O)c1)c1ccc(F)cc1OCc1ccc(C(F)(F)F)cc1. The molecule has 3 rings (SSSR count). The molecule has 0 saturated heterocycles. The Hall–Kier alpha value is -4.06. The average Bonchev–Trinajstić information content (AvgIpc) is 2.84. The lowest BCUT2D eigenvalue weighted by atomic mass is 10.1. The number of aliphatic imine (C=N–C) groups is 3. The molecule has 0 fully saturated rings. The first-order valence-corrected chi connectivity index (χ1v) is 13.2. The summed E-state index contributed by atoms with van der Waals surface area (Å²) >= 11 is 0. The van der Waals surface area contributed by atoms with Crippen molar-refractivity contribution in [2.75, 3.05) is 18.6 Å². The quantitative estimate of drug-likeness (QED) is 0.211. The van der Waals surface area contributed by atoms with Gasteiger partial charge in [-0.2, -0.15) is 18.2 Å². The standard InChI is InChI=1S/C26H25F4N5O2S/c1-32-24(35-25(33-2)34-21-6-4-5-18(13-21)16-38(3,31)36)22-12-11-20(27)14-23(22)37-15-17-7-9-19(10-8-17)26(28,29)30/h4-14,31H,1,15-16H2,2-3H3,(H,33,34).